The summed E-state index contributed by atoms with van der Waals surface area (Å²) < 4.78 is 36.4. The molecule has 0 heterocycles. The van der Waals surface area contributed by atoms with Gasteiger partial charge in [0.2, 0.25) is 0 Å². The average Bonchev–Trinajstić information content (AvgIpc) is 2.95. The quantitative estimate of drug-likeness (QED) is 0.0845. The number of ether oxygens (including phenoxy) is 4. The van der Waals surface area contributed by atoms with Crippen molar-refractivity contribution in [2.45, 2.75) is 64.2 Å². The molecule has 0 saturated carbocycles. The van der Waals surface area contributed by atoms with Crippen LogP contribution in [0.3, 0.4) is 0 Å². The Bertz CT molecular complexity index is 947. The van der Waals surface area contributed by atoms with Gasteiger partial charge in [0.05, 0.1) is 39.6 Å². The van der Waals surface area contributed by atoms with Crippen molar-refractivity contribution in [2.24, 2.45) is 0 Å². The third-order valence-electron chi connectivity index (χ3n) is 6.57. The first-order valence-corrected chi connectivity index (χ1v) is 24.8. The summed E-state index contributed by atoms with van der Waals surface area (Å²) in [4.78, 5) is 0. The van der Waals surface area contributed by atoms with Gasteiger partial charge in [-0.1, -0.05) is 85.0 Å². The molecular weight excluding hydrogens is 589 g/mol. The monoisotopic (exact) mass is 644 g/mol. The number of hydrogen-bond donors (Lipinski definition) is 0. The Morgan fingerprint density at radius 2 is 0.860 bits per heavy atom. The molecule has 0 aliphatic rings. The lowest BCUT2D eigenvalue weighted by Crippen LogP contribution is -2.52. The molecule has 6 nitrogen and oxygen atoms in total. The van der Waals surface area contributed by atoms with E-state index in [1.807, 2.05) is 48.6 Å². The van der Waals surface area contributed by atoms with E-state index in [4.69, 9.17) is 27.2 Å². The highest BCUT2D eigenvalue weighted by Crippen LogP contribution is 2.26. The van der Waals surface area contributed by atoms with Gasteiger partial charge in [-0.15, -0.1) is 0 Å². The van der Waals surface area contributed by atoms with Crippen molar-refractivity contribution in [3.05, 3.63) is 83.9 Å². The second-order valence-corrected chi connectivity index (χ2v) is 24.8. The van der Waals surface area contributed by atoms with Gasteiger partial charge in [0, 0.05) is 13.2 Å². The molecule has 9 heteroatoms. The standard InChI is InChI=1S/C34H56O6Si3/c1-41(2,31-15-25-37-29-27-35-23-13-21-33-17-9-7-10-18-33)39-43(5,6)40-42(3,4)32-16-26-38-30-28-36-24-14-22-34-19-11-8-12-20-34/h7-14,17-22H,15-16,23-32H2,1-6H3/b21-13+,22-14+. The number of benzene rings is 2. The first kappa shape index (κ1) is 37.5. The van der Waals surface area contributed by atoms with Gasteiger partial charge in [0.1, 0.15) is 0 Å². The van der Waals surface area contributed by atoms with E-state index in [2.05, 4.69) is 75.7 Å². The van der Waals surface area contributed by atoms with E-state index < -0.39 is 25.2 Å². The fourth-order valence-corrected chi connectivity index (χ4v) is 18.9. The van der Waals surface area contributed by atoms with Crippen molar-refractivity contribution in [2.75, 3.05) is 52.9 Å². The minimum atomic E-state index is -2.22. The minimum absolute atomic E-state index is 0.599. The van der Waals surface area contributed by atoms with Gasteiger partial charge in [0.25, 0.3) is 0 Å². The smallest absolute Gasteiger partial charge is 0.311 e. The molecule has 2 aromatic carbocycles. The zero-order valence-corrected chi connectivity index (χ0v) is 30.5. The molecule has 0 amide bonds. The topological polar surface area (TPSA) is 55.4 Å². The van der Waals surface area contributed by atoms with E-state index in [0.29, 0.717) is 39.6 Å². The van der Waals surface area contributed by atoms with Crippen LogP contribution in [0.2, 0.25) is 51.4 Å². The maximum absolute atomic E-state index is 6.74. The van der Waals surface area contributed by atoms with Crippen LogP contribution in [-0.4, -0.2) is 78.1 Å². The SMILES string of the molecule is C[Si](C)(CCCOCCOC/C=C/c1ccccc1)O[Si](C)(C)O[Si](C)(C)CCCOCCOC/C=C/c1ccccc1. The predicted molar refractivity (Wildman–Crippen MR) is 188 cm³/mol. The summed E-state index contributed by atoms with van der Waals surface area (Å²) in [5.41, 5.74) is 2.37. The van der Waals surface area contributed by atoms with E-state index in [-0.39, 0.29) is 0 Å². The van der Waals surface area contributed by atoms with Gasteiger partial charge in [-0.25, -0.2) is 0 Å². The molecule has 0 bridgehead atoms. The summed E-state index contributed by atoms with van der Waals surface area (Å²) in [6.07, 6.45) is 10.2. The summed E-state index contributed by atoms with van der Waals surface area (Å²) in [5, 5.41) is 0. The van der Waals surface area contributed by atoms with Crippen LogP contribution in [-0.2, 0) is 27.2 Å². The van der Waals surface area contributed by atoms with Crippen LogP contribution in [0, 0.1) is 0 Å². The largest absolute Gasteiger partial charge is 0.437 e. The Labute approximate surface area is 264 Å². The third kappa shape index (κ3) is 20.1. The van der Waals surface area contributed by atoms with Gasteiger partial charge >= 0.3 is 8.56 Å². The Hall–Kier alpha value is -1.67. The molecule has 0 aliphatic carbocycles. The molecule has 43 heavy (non-hydrogen) atoms. The predicted octanol–water partition coefficient (Wildman–Crippen LogP) is 8.41. The van der Waals surface area contributed by atoms with Crippen LogP contribution in [0.25, 0.3) is 12.2 Å². The second-order valence-electron chi connectivity index (χ2n) is 12.3. The third-order valence-corrected chi connectivity index (χ3v) is 18.0. The van der Waals surface area contributed by atoms with Gasteiger partial charge < -0.3 is 27.2 Å². The highest BCUT2D eigenvalue weighted by atomic mass is 28.5. The van der Waals surface area contributed by atoms with Crippen LogP contribution in [0.4, 0.5) is 0 Å². The zero-order valence-electron chi connectivity index (χ0n) is 27.5. The maximum Gasteiger partial charge on any atom is 0.311 e. The Morgan fingerprint density at radius 1 is 0.488 bits per heavy atom. The molecule has 0 N–H and O–H groups in total. The van der Waals surface area contributed by atoms with E-state index in [0.717, 1.165) is 38.1 Å². The van der Waals surface area contributed by atoms with E-state index in [9.17, 15) is 0 Å². The number of rotatable bonds is 24. The van der Waals surface area contributed by atoms with E-state index in [1.54, 1.807) is 0 Å². The summed E-state index contributed by atoms with van der Waals surface area (Å²) >= 11 is 0. The van der Waals surface area contributed by atoms with Gasteiger partial charge in [0.15, 0.2) is 16.6 Å². The first-order chi connectivity index (χ1) is 20.6. The molecule has 0 spiro atoms. The van der Waals surface area contributed by atoms with E-state index >= 15 is 0 Å². The first-order valence-electron chi connectivity index (χ1n) is 15.7. The highest BCUT2D eigenvalue weighted by Gasteiger charge is 2.39. The molecule has 0 fully saturated rings. The molecule has 0 radical (unpaired) electrons. The van der Waals surface area contributed by atoms with Gasteiger partial charge in [-0.2, -0.15) is 0 Å². The van der Waals surface area contributed by atoms with Crippen molar-refractivity contribution in [3.8, 4) is 0 Å². The molecule has 2 aromatic rings. The summed E-state index contributed by atoms with van der Waals surface area (Å²) in [6.45, 7) is 18.7. The maximum atomic E-state index is 6.74. The zero-order chi connectivity index (χ0) is 31.3. The normalized spacial score (nSPS) is 13.0. The lowest BCUT2D eigenvalue weighted by molar-refractivity contribution is 0.0585. The average molecular weight is 645 g/mol. The fraction of sp³-hybridized carbons (Fsp3) is 0.529. The van der Waals surface area contributed by atoms with Gasteiger partial charge in [-0.3, -0.25) is 0 Å². The van der Waals surface area contributed by atoms with Crippen molar-refractivity contribution < 1.29 is 27.2 Å². The molecule has 0 unspecified atom stereocenters. The lowest BCUT2D eigenvalue weighted by atomic mass is 10.2. The molecule has 0 aromatic heterocycles. The second kappa shape index (κ2) is 21.1. The van der Waals surface area contributed by atoms with Gasteiger partial charge in [-0.05, 0) is 75.3 Å². The van der Waals surface area contributed by atoms with E-state index in [1.165, 1.54) is 11.1 Å². The van der Waals surface area contributed by atoms with Crippen molar-refractivity contribution in [3.63, 3.8) is 0 Å². The Morgan fingerprint density at radius 3 is 1.26 bits per heavy atom. The highest BCUT2D eigenvalue weighted by molar-refractivity contribution is 6.87. The molecule has 0 saturated heterocycles. The van der Waals surface area contributed by atoms with Crippen LogP contribution in [0.15, 0.2) is 72.8 Å². The van der Waals surface area contributed by atoms with Crippen LogP contribution >= 0.6 is 0 Å². The Kier molecular flexibility index (Phi) is 18.4. The van der Waals surface area contributed by atoms with Crippen LogP contribution in [0.1, 0.15) is 24.0 Å². The Balaban J connectivity index is 1.48. The van der Waals surface area contributed by atoms with Crippen molar-refractivity contribution in [1.82, 2.24) is 0 Å². The summed E-state index contributed by atoms with van der Waals surface area (Å²) in [5.74, 6) is 0. The molecule has 0 aliphatic heterocycles. The van der Waals surface area contributed by atoms with Crippen molar-refractivity contribution in [1.29, 1.82) is 0 Å². The van der Waals surface area contributed by atoms with Crippen molar-refractivity contribution >= 4 is 37.3 Å². The fourth-order valence-electron chi connectivity index (χ4n) is 4.89. The number of hydrogen-bond acceptors (Lipinski definition) is 6. The summed E-state index contributed by atoms with van der Waals surface area (Å²) in [7, 11) is -5.91. The molecule has 2 rings (SSSR count). The molecular formula is C34H56O6Si3. The molecule has 240 valence electrons. The van der Waals surface area contributed by atoms with Crippen LogP contribution in [0.5, 0.6) is 0 Å². The van der Waals surface area contributed by atoms with Crippen LogP contribution < -0.4 is 0 Å². The molecule has 0 atom stereocenters. The lowest BCUT2D eigenvalue weighted by Gasteiger charge is -2.38. The minimum Gasteiger partial charge on any atom is -0.437 e. The summed E-state index contributed by atoms with van der Waals surface area (Å²) in [6, 6.07) is 22.6.